The molecule has 0 aliphatic heterocycles. The number of H-pyrrole nitrogens is 4. The van der Waals surface area contributed by atoms with Gasteiger partial charge in [-0.15, -0.1) is 22.7 Å². The van der Waals surface area contributed by atoms with E-state index < -0.39 is 0 Å². The molecule has 14 rings (SSSR count). The Bertz CT molecular complexity index is 2280. The number of aromatic amines is 4. The maximum atomic E-state index is 4.58. The molecule has 0 radical (unpaired) electrons. The smallest absolute Gasteiger partial charge is 0.180 e. The lowest BCUT2D eigenvalue weighted by molar-refractivity contribution is 0.558. The predicted molar refractivity (Wildman–Crippen MR) is 469 cm³/mol. The van der Waals surface area contributed by atoms with E-state index in [1.54, 1.807) is 151 Å². The van der Waals surface area contributed by atoms with Crippen molar-refractivity contribution in [1.29, 1.82) is 0 Å². The molecule has 0 aliphatic carbocycles. The van der Waals surface area contributed by atoms with Crippen molar-refractivity contribution in [2.24, 2.45) is 0 Å². The van der Waals surface area contributed by atoms with Gasteiger partial charge in [0.05, 0.1) is 46.3 Å². The molecule has 4 N–H and O–H groups in total. The molecular formula is C83H152N14O2S3. The van der Waals surface area contributed by atoms with E-state index in [9.17, 15) is 0 Å². The number of hydrogen-bond donors (Lipinski definition) is 4. The largest absolute Gasteiger partial charge is 0.473 e. The van der Waals surface area contributed by atoms with Crippen LogP contribution in [0, 0.1) is 0 Å². The van der Waals surface area contributed by atoms with E-state index in [4.69, 9.17) is 0 Å². The van der Waals surface area contributed by atoms with Crippen LogP contribution >= 0.6 is 34.0 Å². The summed E-state index contributed by atoms with van der Waals surface area (Å²) in [7, 11) is 0. The second-order valence-electron chi connectivity index (χ2n) is 12.1. The highest BCUT2D eigenvalue weighted by Gasteiger charge is 1.90. The average molecular weight is 1470 g/mol. The van der Waals surface area contributed by atoms with Crippen LogP contribution in [0.4, 0.5) is 0 Å². The number of fused-ring (bicyclic) bond motifs is 2. The SMILES string of the molecule is C.C.C.C.C.C.C.CC.CC.CC.CC.CC.CC.CC.CC.CC.CC.CC.CC.c1c[nH]cn1.c1cc[nH]c1.c1ccc2[nH]ccc2c1.c1ccc2scnc2c1.c1ccncc1.c1ccoc1.c1ccsc1.c1cn[nH]c1.c1cnccn1.c1cncnc1.c1cocn1.c1cscn1. The number of para-hydroxylation sites is 2. The van der Waals surface area contributed by atoms with E-state index in [1.165, 1.54) is 34.6 Å². The normalized spacial score (nSPS) is 6.67. The van der Waals surface area contributed by atoms with Gasteiger partial charge in [-0.2, -0.15) is 16.4 Å². The highest BCUT2D eigenvalue weighted by Crippen LogP contribution is 2.15. The molecule has 16 nitrogen and oxygen atoms in total. The number of nitrogens with zero attached hydrogens (tertiary/aromatic N) is 10. The number of aromatic nitrogens is 14. The van der Waals surface area contributed by atoms with Crippen LogP contribution in [0.5, 0.6) is 0 Å². The van der Waals surface area contributed by atoms with E-state index in [0.717, 1.165) is 5.52 Å². The molecule has 102 heavy (non-hydrogen) atoms. The Labute approximate surface area is 639 Å². The molecule has 0 atom stereocenters. The second kappa shape index (κ2) is 155. The van der Waals surface area contributed by atoms with Gasteiger partial charge in [0.1, 0.15) is 12.6 Å². The third-order valence-corrected chi connectivity index (χ3v) is 9.03. The summed E-state index contributed by atoms with van der Waals surface area (Å²) in [5.74, 6) is 0. The Morgan fingerprint density at radius 2 is 0.824 bits per heavy atom. The Kier molecular flexibility index (Phi) is 207. The number of oxazole rings is 1. The maximum Gasteiger partial charge on any atom is 0.180 e. The Morgan fingerprint density at radius 3 is 1.08 bits per heavy atom. The van der Waals surface area contributed by atoms with E-state index in [0.29, 0.717) is 0 Å². The van der Waals surface area contributed by atoms with Crippen LogP contribution in [0.1, 0.15) is 218 Å². The number of benzene rings is 2. The molecule has 12 heterocycles. The molecule has 0 fully saturated rings. The average Bonchev–Trinajstić information content (AvgIpc) is 1.75. The summed E-state index contributed by atoms with van der Waals surface area (Å²) in [5.41, 5.74) is 5.96. The first kappa shape index (κ1) is 136. The van der Waals surface area contributed by atoms with Gasteiger partial charge < -0.3 is 23.8 Å². The van der Waals surface area contributed by atoms with Gasteiger partial charge in [0.15, 0.2) is 6.39 Å². The van der Waals surface area contributed by atoms with E-state index >= 15 is 0 Å². The second-order valence-corrected chi connectivity index (χ2v) is 14.5. The van der Waals surface area contributed by atoms with Crippen LogP contribution in [0.25, 0.3) is 21.1 Å². The summed E-state index contributed by atoms with van der Waals surface area (Å²) in [6, 6.07) is 39.3. The van der Waals surface area contributed by atoms with Crippen molar-refractivity contribution in [2.45, 2.75) is 218 Å². The van der Waals surface area contributed by atoms with Crippen LogP contribution in [0.2, 0.25) is 0 Å². The molecule has 584 valence electrons. The summed E-state index contributed by atoms with van der Waals surface area (Å²) in [6.45, 7) is 48.0. The van der Waals surface area contributed by atoms with Crippen molar-refractivity contribution in [3.63, 3.8) is 0 Å². The minimum Gasteiger partial charge on any atom is -0.473 e. The summed E-state index contributed by atoms with van der Waals surface area (Å²) in [6.07, 6.45) is 38.7. The monoisotopic (exact) mass is 1470 g/mol. The third kappa shape index (κ3) is 121. The summed E-state index contributed by atoms with van der Waals surface area (Å²) >= 11 is 4.99. The number of furan rings is 1. The minimum atomic E-state index is 0. The first-order valence-electron chi connectivity index (χ1n) is 33.0. The van der Waals surface area contributed by atoms with Crippen molar-refractivity contribution < 1.29 is 8.83 Å². The van der Waals surface area contributed by atoms with Crippen LogP contribution in [-0.4, -0.2) is 70.0 Å². The van der Waals surface area contributed by atoms with Crippen molar-refractivity contribution in [1.82, 2.24) is 70.0 Å². The van der Waals surface area contributed by atoms with Gasteiger partial charge >= 0.3 is 0 Å². The lowest BCUT2D eigenvalue weighted by Crippen LogP contribution is -1.66. The van der Waals surface area contributed by atoms with Gasteiger partial charge in [-0.1, -0.05) is 267 Å². The fourth-order valence-corrected chi connectivity index (χ4v) is 5.61. The zero-order valence-electron chi connectivity index (χ0n) is 62.2. The van der Waals surface area contributed by atoms with Crippen LogP contribution in [0.3, 0.4) is 0 Å². The number of nitrogens with one attached hydrogen (secondary N) is 4. The first-order chi connectivity index (χ1) is 47.4. The Morgan fingerprint density at radius 1 is 0.314 bits per heavy atom. The standard InChI is InChI=1S/C8H7N.C7H5NS.C5H5N.2C4H4N2.C4H5N.C4H4O.C4H4S.2C3H4N2.C3H3NO.C3H3NS.12C2H6.7CH4/c1-2-4-8-7(3-1)5-6-9-8;1-2-4-7-6(3-1)8-5-9-7;1-2-4-6-5-3-1;1-2-6-4-3-5-1;1-2-5-4-6-3-1;3*1-2-4-5-3-1;1-2-5-3-4-1;1-2-4-5-3-1;2*1-2-5-3-4-1;12*1-2;;;;;;;/h1-6,9H;1-5H;1-5H;2*1-4H;1-5H;2*1-4H;2*1-3H,(H,4,5);2*1-3H;12*1-2H3;7*1H4. The van der Waals surface area contributed by atoms with Gasteiger partial charge in [-0.25, -0.2) is 24.9 Å². The van der Waals surface area contributed by atoms with Crippen molar-refractivity contribution in [2.75, 3.05) is 0 Å². The highest BCUT2D eigenvalue weighted by molar-refractivity contribution is 7.16. The van der Waals surface area contributed by atoms with Crippen molar-refractivity contribution in [3.8, 4) is 0 Å². The van der Waals surface area contributed by atoms with E-state index in [-0.39, 0.29) is 52.0 Å². The van der Waals surface area contributed by atoms with Gasteiger partial charge in [-0.3, -0.25) is 25.0 Å². The van der Waals surface area contributed by atoms with Crippen molar-refractivity contribution in [3.05, 3.63) is 292 Å². The van der Waals surface area contributed by atoms with Crippen LogP contribution in [0.15, 0.2) is 301 Å². The summed E-state index contributed by atoms with van der Waals surface area (Å²) < 4.78 is 10.3. The zero-order chi connectivity index (χ0) is 73.7. The fourth-order valence-electron chi connectivity index (χ4n) is 4.13. The third-order valence-electron chi connectivity index (χ3n) is 7.07. The molecular weight excluding hydrogens is 1320 g/mol. The highest BCUT2D eigenvalue weighted by atomic mass is 32.1. The number of thiazole rings is 2. The van der Waals surface area contributed by atoms with E-state index in [2.05, 4.69) is 103 Å². The summed E-state index contributed by atoms with van der Waals surface area (Å²) in [4.78, 5) is 42.4. The Balaban J connectivity index is -0.0000000501. The molecule has 19 heteroatoms. The van der Waals surface area contributed by atoms with Gasteiger partial charge in [0.2, 0.25) is 0 Å². The van der Waals surface area contributed by atoms with Crippen molar-refractivity contribution >= 4 is 55.1 Å². The molecule has 0 aliphatic rings. The molecule has 0 unspecified atom stereocenters. The predicted octanol–water partition coefficient (Wildman–Crippen LogP) is 29.9. The minimum absolute atomic E-state index is 0. The van der Waals surface area contributed by atoms with Gasteiger partial charge in [0.25, 0.3) is 0 Å². The lowest BCUT2D eigenvalue weighted by atomic mass is 10.3. The molecule has 0 saturated heterocycles. The zero-order valence-corrected chi connectivity index (χ0v) is 64.7. The summed E-state index contributed by atoms with van der Waals surface area (Å²) in [5, 5.41) is 13.5. The van der Waals surface area contributed by atoms with Gasteiger partial charge in [0, 0.05) is 110 Å². The molecule has 0 saturated carbocycles. The molecule has 2 aromatic carbocycles. The molecule has 0 bridgehead atoms. The lowest BCUT2D eigenvalue weighted by Gasteiger charge is -1.83. The van der Waals surface area contributed by atoms with Gasteiger partial charge in [-0.05, 0) is 88.9 Å². The fraction of sp³-hybridized carbons (Fsp3) is 0.373. The molecule has 14 aromatic rings. The molecule has 12 aromatic heterocycles. The van der Waals surface area contributed by atoms with E-state index in [1.807, 2.05) is 297 Å². The quantitative estimate of drug-likeness (QED) is 0.111. The number of imidazole rings is 1. The Hall–Kier alpha value is -9.30. The topological polar surface area (TPSA) is 218 Å². The number of rotatable bonds is 0. The molecule has 0 amide bonds. The number of thiophene rings is 1. The molecule has 0 spiro atoms. The first-order valence-corrected chi connectivity index (χ1v) is 35.8. The van der Waals surface area contributed by atoms with Crippen LogP contribution in [-0.2, 0) is 0 Å². The maximum absolute atomic E-state index is 4.58. The number of hydrogen-bond acceptors (Lipinski definition) is 15. The number of pyridine rings is 1. The van der Waals surface area contributed by atoms with Crippen LogP contribution < -0.4 is 0 Å².